The molecule has 0 aromatic heterocycles. The van der Waals surface area contributed by atoms with Crippen LogP contribution in [0.5, 0.6) is 0 Å². The van der Waals surface area contributed by atoms with E-state index in [-0.39, 0.29) is 31.0 Å². The van der Waals surface area contributed by atoms with Crippen molar-refractivity contribution in [2.45, 2.75) is 200 Å². The number of rotatable bonds is 43. The van der Waals surface area contributed by atoms with Crippen molar-refractivity contribution in [3.05, 3.63) is 12.2 Å². The van der Waals surface area contributed by atoms with Crippen LogP contribution >= 0.6 is 11.8 Å². The zero-order chi connectivity index (χ0) is 40.3. The molecule has 0 fully saturated rings. The SMILES string of the molecule is CCCCCCCC/C=C\CCCCCCCC(=O)NC(CCSCCC(=O)OCCCCCCCCCCCCC)C(=O)NCCCN(CCO)CCO. The standard InChI is InChI=1S/C45H87N3O6S/c1-3-5-7-9-11-13-15-16-17-18-19-21-23-25-27-30-43(51)47-42(45(53)46-33-29-34-48(35-37-49)36-38-50)31-40-55-41-32-44(52)54-39-28-26-24-22-20-14-12-10-8-6-4-2/h16-17,42,49-50H,3-15,18-41H2,1-2H3,(H,46,53)(H,47,51)/b17-16-. The lowest BCUT2D eigenvalue weighted by Gasteiger charge is -2.21. The Morgan fingerprint density at radius 1 is 0.618 bits per heavy atom. The molecule has 1 atom stereocenters. The first kappa shape index (κ1) is 53.4. The molecule has 55 heavy (non-hydrogen) atoms. The number of carbonyl (C=O) groups excluding carboxylic acids is 3. The lowest BCUT2D eigenvalue weighted by molar-refractivity contribution is -0.143. The van der Waals surface area contributed by atoms with Crippen LogP contribution in [-0.4, -0.2) is 96.4 Å². The van der Waals surface area contributed by atoms with E-state index >= 15 is 0 Å². The number of hydrogen-bond acceptors (Lipinski definition) is 8. The molecule has 0 spiro atoms. The Hall–Kier alpha value is -1.62. The monoisotopic (exact) mass is 798 g/mol. The summed E-state index contributed by atoms with van der Waals surface area (Å²) in [7, 11) is 0. The molecular formula is C45H87N3O6S. The summed E-state index contributed by atoms with van der Waals surface area (Å²) in [5.74, 6) is 0.823. The van der Waals surface area contributed by atoms with Gasteiger partial charge in [0.15, 0.2) is 0 Å². The minimum atomic E-state index is -0.623. The highest BCUT2D eigenvalue weighted by Crippen LogP contribution is 2.13. The number of nitrogens with zero attached hydrogens (tertiary/aromatic N) is 1. The average molecular weight is 798 g/mol. The van der Waals surface area contributed by atoms with Crippen LogP contribution in [0.4, 0.5) is 0 Å². The molecule has 324 valence electrons. The first-order valence-electron chi connectivity index (χ1n) is 22.9. The molecule has 0 heterocycles. The van der Waals surface area contributed by atoms with Gasteiger partial charge in [0.05, 0.1) is 26.2 Å². The van der Waals surface area contributed by atoms with Crippen molar-refractivity contribution in [1.29, 1.82) is 0 Å². The number of thioether (sulfide) groups is 1. The third kappa shape index (κ3) is 39.0. The number of allylic oxidation sites excluding steroid dienone is 2. The van der Waals surface area contributed by atoms with Crippen molar-refractivity contribution >= 4 is 29.5 Å². The van der Waals surface area contributed by atoms with Gasteiger partial charge in [-0.1, -0.05) is 142 Å². The number of amides is 2. The van der Waals surface area contributed by atoms with E-state index in [9.17, 15) is 24.6 Å². The highest BCUT2D eigenvalue weighted by Gasteiger charge is 2.20. The molecule has 0 rings (SSSR count). The highest BCUT2D eigenvalue weighted by molar-refractivity contribution is 7.99. The highest BCUT2D eigenvalue weighted by atomic mass is 32.2. The smallest absolute Gasteiger partial charge is 0.306 e. The molecule has 0 aliphatic rings. The Morgan fingerprint density at radius 3 is 1.67 bits per heavy atom. The predicted octanol–water partition coefficient (Wildman–Crippen LogP) is 9.67. The van der Waals surface area contributed by atoms with Crippen LogP contribution in [0, 0.1) is 0 Å². The van der Waals surface area contributed by atoms with Crippen LogP contribution in [0.15, 0.2) is 12.2 Å². The summed E-state index contributed by atoms with van der Waals surface area (Å²) in [6.45, 7) is 7.10. The molecular weight excluding hydrogens is 711 g/mol. The van der Waals surface area contributed by atoms with Crippen molar-refractivity contribution < 1.29 is 29.3 Å². The molecule has 0 radical (unpaired) electrons. The molecule has 0 aliphatic carbocycles. The average Bonchev–Trinajstić information content (AvgIpc) is 3.17. The fraction of sp³-hybridized carbons (Fsp3) is 0.889. The van der Waals surface area contributed by atoms with Crippen molar-refractivity contribution in [2.75, 3.05) is 57.5 Å². The van der Waals surface area contributed by atoms with E-state index in [1.165, 1.54) is 116 Å². The minimum Gasteiger partial charge on any atom is -0.466 e. The van der Waals surface area contributed by atoms with Gasteiger partial charge < -0.3 is 25.6 Å². The van der Waals surface area contributed by atoms with Gasteiger partial charge in [0.2, 0.25) is 11.8 Å². The van der Waals surface area contributed by atoms with Gasteiger partial charge in [-0.05, 0) is 63.7 Å². The molecule has 0 saturated carbocycles. The quantitative estimate of drug-likeness (QED) is 0.0273. The van der Waals surface area contributed by atoms with E-state index in [0.717, 1.165) is 38.5 Å². The molecule has 10 heteroatoms. The Kier molecular flexibility index (Phi) is 42.2. The zero-order valence-corrected chi connectivity index (χ0v) is 36.6. The predicted molar refractivity (Wildman–Crippen MR) is 234 cm³/mol. The second kappa shape index (κ2) is 43.5. The molecule has 2 amide bonds. The van der Waals surface area contributed by atoms with Crippen LogP contribution in [-0.2, 0) is 19.1 Å². The first-order valence-corrected chi connectivity index (χ1v) is 24.0. The molecule has 0 aromatic carbocycles. The van der Waals surface area contributed by atoms with Gasteiger partial charge in [-0.15, -0.1) is 0 Å². The fourth-order valence-electron chi connectivity index (χ4n) is 6.63. The normalized spacial score (nSPS) is 12.1. The van der Waals surface area contributed by atoms with Crippen LogP contribution in [0.2, 0.25) is 0 Å². The van der Waals surface area contributed by atoms with Crippen LogP contribution in [0.1, 0.15) is 194 Å². The van der Waals surface area contributed by atoms with E-state index in [2.05, 4.69) is 36.6 Å². The van der Waals surface area contributed by atoms with Crippen molar-refractivity contribution in [1.82, 2.24) is 15.5 Å². The summed E-state index contributed by atoms with van der Waals surface area (Å²) in [5.41, 5.74) is 0. The summed E-state index contributed by atoms with van der Waals surface area (Å²) in [6.07, 6.45) is 36.2. The van der Waals surface area contributed by atoms with Crippen LogP contribution in [0.25, 0.3) is 0 Å². The number of nitrogens with one attached hydrogen (secondary N) is 2. The Morgan fingerprint density at radius 2 is 1.13 bits per heavy atom. The summed E-state index contributed by atoms with van der Waals surface area (Å²) >= 11 is 1.61. The summed E-state index contributed by atoms with van der Waals surface area (Å²) < 4.78 is 5.44. The maximum atomic E-state index is 13.1. The molecule has 9 nitrogen and oxygen atoms in total. The second-order valence-electron chi connectivity index (χ2n) is 15.3. The van der Waals surface area contributed by atoms with Gasteiger partial charge in [0.1, 0.15) is 6.04 Å². The number of carbonyl (C=O) groups is 3. The Bertz CT molecular complexity index is 887. The zero-order valence-electron chi connectivity index (χ0n) is 35.8. The van der Waals surface area contributed by atoms with E-state index in [0.29, 0.717) is 70.0 Å². The van der Waals surface area contributed by atoms with Crippen molar-refractivity contribution in [3.8, 4) is 0 Å². The summed E-state index contributed by atoms with van der Waals surface area (Å²) in [5, 5.41) is 24.4. The van der Waals surface area contributed by atoms with Gasteiger partial charge in [0.25, 0.3) is 0 Å². The van der Waals surface area contributed by atoms with Gasteiger partial charge in [0, 0.05) is 31.8 Å². The maximum Gasteiger partial charge on any atom is 0.306 e. The van der Waals surface area contributed by atoms with Gasteiger partial charge >= 0.3 is 5.97 Å². The fourth-order valence-corrected chi connectivity index (χ4v) is 7.55. The van der Waals surface area contributed by atoms with Gasteiger partial charge in [-0.25, -0.2) is 0 Å². The number of aliphatic hydroxyl groups excluding tert-OH is 2. The third-order valence-corrected chi connectivity index (χ3v) is 11.1. The first-order chi connectivity index (χ1) is 27.0. The molecule has 1 unspecified atom stereocenters. The minimum absolute atomic E-state index is 0.0198. The van der Waals surface area contributed by atoms with E-state index in [1.807, 2.05) is 4.90 Å². The van der Waals surface area contributed by atoms with E-state index in [1.54, 1.807) is 11.8 Å². The second-order valence-corrected chi connectivity index (χ2v) is 16.5. The van der Waals surface area contributed by atoms with Gasteiger partial charge in [-0.3, -0.25) is 19.3 Å². The van der Waals surface area contributed by atoms with Crippen LogP contribution in [0.3, 0.4) is 0 Å². The maximum absolute atomic E-state index is 13.1. The molecule has 0 aromatic rings. The number of unbranched alkanes of at least 4 members (excludes halogenated alkanes) is 21. The van der Waals surface area contributed by atoms with Crippen molar-refractivity contribution in [3.63, 3.8) is 0 Å². The molecule has 0 aliphatic heterocycles. The Balaban J connectivity index is 4.35. The van der Waals surface area contributed by atoms with Gasteiger partial charge in [-0.2, -0.15) is 11.8 Å². The topological polar surface area (TPSA) is 128 Å². The van der Waals surface area contributed by atoms with E-state index in [4.69, 9.17) is 4.74 Å². The molecule has 0 bridgehead atoms. The Labute approximate surface area is 342 Å². The number of hydrogen-bond donors (Lipinski definition) is 4. The number of aliphatic hydroxyl groups is 2. The summed E-state index contributed by atoms with van der Waals surface area (Å²) in [4.78, 5) is 40.2. The lowest BCUT2D eigenvalue weighted by atomic mass is 10.1. The number of esters is 1. The number of ether oxygens (including phenoxy) is 1. The molecule has 0 saturated heterocycles. The molecule has 4 N–H and O–H groups in total. The third-order valence-electron chi connectivity index (χ3n) is 10.1. The summed E-state index contributed by atoms with van der Waals surface area (Å²) in [6, 6.07) is -0.623. The van der Waals surface area contributed by atoms with E-state index < -0.39 is 6.04 Å². The lowest BCUT2D eigenvalue weighted by Crippen LogP contribution is -2.47. The van der Waals surface area contributed by atoms with Crippen molar-refractivity contribution in [2.24, 2.45) is 0 Å². The largest absolute Gasteiger partial charge is 0.466 e. The van der Waals surface area contributed by atoms with Crippen LogP contribution < -0.4 is 10.6 Å².